The van der Waals surface area contributed by atoms with Crippen LogP contribution in [0.1, 0.15) is 30.4 Å². The number of hydrogen-bond acceptors (Lipinski definition) is 2. The Hall–Kier alpha value is -1.35. The molecule has 2 rings (SSSR count). The lowest BCUT2D eigenvalue weighted by Crippen LogP contribution is -2.39. The van der Waals surface area contributed by atoms with E-state index < -0.39 is 0 Å². The summed E-state index contributed by atoms with van der Waals surface area (Å²) in [6.45, 7) is 2.75. The normalized spacial score (nSPS) is 23.1. The molecule has 2 N–H and O–H groups in total. The van der Waals surface area contributed by atoms with Crippen LogP contribution in [-0.4, -0.2) is 23.9 Å². The molecule has 0 spiro atoms. The van der Waals surface area contributed by atoms with Gasteiger partial charge in [-0.3, -0.25) is 4.79 Å². The van der Waals surface area contributed by atoms with E-state index in [9.17, 15) is 4.79 Å². The molecule has 0 bridgehead atoms. The Morgan fingerprint density at radius 3 is 2.72 bits per heavy atom. The minimum Gasteiger partial charge on any atom is -0.341 e. The molecular formula is C15H22N2O. The van der Waals surface area contributed by atoms with Gasteiger partial charge in [0.05, 0.1) is 5.92 Å². The second-order valence-corrected chi connectivity index (χ2v) is 5.32. The lowest BCUT2D eigenvalue weighted by atomic mass is 10.0. The van der Waals surface area contributed by atoms with E-state index in [2.05, 4.69) is 19.1 Å². The Kier molecular flexibility index (Phi) is 4.02. The Bertz CT molecular complexity index is 430. The van der Waals surface area contributed by atoms with E-state index >= 15 is 0 Å². The third-order valence-electron chi connectivity index (χ3n) is 3.93. The van der Waals surface area contributed by atoms with Crippen LogP contribution in [0, 0.1) is 12.8 Å². The number of carbonyl (C=O) groups is 1. The Morgan fingerprint density at radius 2 is 2.11 bits per heavy atom. The van der Waals surface area contributed by atoms with E-state index in [-0.39, 0.29) is 17.9 Å². The first kappa shape index (κ1) is 13.1. The standard InChI is InChI=1S/C15H22N2O/c1-11-6-3-4-7-12(11)10-17(2)15(18)13-8-5-9-14(13)16/h3-4,6-7,13-14H,5,8-10,16H2,1-2H3/t13-,14-/m1/s1. The maximum Gasteiger partial charge on any atom is 0.227 e. The van der Waals surface area contributed by atoms with Gasteiger partial charge in [-0.15, -0.1) is 0 Å². The van der Waals surface area contributed by atoms with Gasteiger partial charge in [0.1, 0.15) is 0 Å². The summed E-state index contributed by atoms with van der Waals surface area (Å²) in [6, 6.07) is 8.25. The van der Waals surface area contributed by atoms with Crippen molar-refractivity contribution in [1.82, 2.24) is 4.90 Å². The van der Waals surface area contributed by atoms with E-state index in [0.29, 0.717) is 6.54 Å². The summed E-state index contributed by atoms with van der Waals surface area (Å²) in [5.41, 5.74) is 8.43. The quantitative estimate of drug-likeness (QED) is 0.887. The molecule has 0 aliphatic heterocycles. The fraction of sp³-hybridized carbons (Fsp3) is 0.533. The van der Waals surface area contributed by atoms with Gasteiger partial charge >= 0.3 is 0 Å². The highest BCUT2D eigenvalue weighted by Crippen LogP contribution is 2.26. The van der Waals surface area contributed by atoms with Crippen molar-refractivity contribution in [3.05, 3.63) is 35.4 Å². The van der Waals surface area contributed by atoms with Gasteiger partial charge < -0.3 is 10.6 Å². The zero-order chi connectivity index (χ0) is 13.1. The van der Waals surface area contributed by atoms with Crippen molar-refractivity contribution >= 4 is 5.91 Å². The van der Waals surface area contributed by atoms with E-state index in [4.69, 9.17) is 5.73 Å². The Labute approximate surface area is 109 Å². The highest BCUT2D eigenvalue weighted by molar-refractivity contribution is 5.79. The summed E-state index contributed by atoms with van der Waals surface area (Å²) in [5, 5.41) is 0. The predicted octanol–water partition coefficient (Wildman–Crippen LogP) is 2.08. The van der Waals surface area contributed by atoms with Gasteiger partial charge in [0.15, 0.2) is 0 Å². The Balaban J connectivity index is 2.01. The zero-order valence-corrected chi connectivity index (χ0v) is 11.2. The summed E-state index contributed by atoms with van der Waals surface area (Å²) >= 11 is 0. The SMILES string of the molecule is Cc1ccccc1CN(C)C(=O)[C@@H]1CCC[C@H]1N. The molecule has 1 aromatic carbocycles. The van der Waals surface area contributed by atoms with Crippen LogP contribution < -0.4 is 5.73 Å². The van der Waals surface area contributed by atoms with Crippen LogP contribution in [0.5, 0.6) is 0 Å². The van der Waals surface area contributed by atoms with Crippen LogP contribution in [0.15, 0.2) is 24.3 Å². The number of hydrogen-bond donors (Lipinski definition) is 1. The lowest BCUT2D eigenvalue weighted by molar-refractivity contribution is -0.134. The predicted molar refractivity (Wildman–Crippen MR) is 73.0 cm³/mol. The van der Waals surface area contributed by atoms with E-state index in [1.165, 1.54) is 11.1 Å². The van der Waals surface area contributed by atoms with Crippen LogP contribution in [-0.2, 0) is 11.3 Å². The molecule has 0 unspecified atom stereocenters. The maximum absolute atomic E-state index is 12.3. The molecule has 0 radical (unpaired) electrons. The smallest absolute Gasteiger partial charge is 0.227 e. The van der Waals surface area contributed by atoms with Gasteiger partial charge in [-0.2, -0.15) is 0 Å². The zero-order valence-electron chi connectivity index (χ0n) is 11.2. The van der Waals surface area contributed by atoms with Crippen molar-refractivity contribution in [2.45, 2.75) is 38.8 Å². The lowest BCUT2D eigenvalue weighted by Gasteiger charge is -2.24. The largest absolute Gasteiger partial charge is 0.341 e. The van der Waals surface area contributed by atoms with Crippen LogP contribution in [0.25, 0.3) is 0 Å². The third-order valence-corrected chi connectivity index (χ3v) is 3.93. The minimum absolute atomic E-state index is 0.0269. The summed E-state index contributed by atoms with van der Waals surface area (Å²) in [7, 11) is 1.87. The third kappa shape index (κ3) is 2.72. The highest BCUT2D eigenvalue weighted by atomic mass is 16.2. The molecule has 1 aliphatic carbocycles. The number of aryl methyl sites for hydroxylation is 1. The molecular weight excluding hydrogens is 224 g/mol. The molecule has 18 heavy (non-hydrogen) atoms. The monoisotopic (exact) mass is 246 g/mol. The molecule has 1 saturated carbocycles. The topological polar surface area (TPSA) is 46.3 Å². The summed E-state index contributed by atoms with van der Waals surface area (Å²) in [4.78, 5) is 14.1. The number of carbonyl (C=O) groups excluding carboxylic acids is 1. The molecule has 1 aliphatic rings. The second-order valence-electron chi connectivity index (χ2n) is 5.32. The van der Waals surface area contributed by atoms with Gasteiger partial charge in [0, 0.05) is 19.6 Å². The van der Waals surface area contributed by atoms with Crippen LogP contribution in [0.4, 0.5) is 0 Å². The number of benzene rings is 1. The molecule has 3 nitrogen and oxygen atoms in total. The molecule has 98 valence electrons. The van der Waals surface area contributed by atoms with Crippen molar-refractivity contribution in [1.29, 1.82) is 0 Å². The number of rotatable bonds is 3. The summed E-state index contributed by atoms with van der Waals surface area (Å²) in [5.74, 6) is 0.224. The highest BCUT2D eigenvalue weighted by Gasteiger charge is 2.32. The first-order chi connectivity index (χ1) is 8.59. The molecule has 0 aromatic heterocycles. The maximum atomic E-state index is 12.3. The number of nitrogens with zero attached hydrogens (tertiary/aromatic N) is 1. The van der Waals surface area contributed by atoms with Crippen LogP contribution >= 0.6 is 0 Å². The van der Waals surface area contributed by atoms with Gasteiger partial charge in [-0.1, -0.05) is 30.7 Å². The van der Waals surface area contributed by atoms with Crippen molar-refractivity contribution in [3.63, 3.8) is 0 Å². The molecule has 1 aromatic rings. The van der Waals surface area contributed by atoms with E-state index in [1.54, 1.807) is 0 Å². The molecule has 3 heteroatoms. The van der Waals surface area contributed by atoms with Crippen molar-refractivity contribution in [2.24, 2.45) is 11.7 Å². The first-order valence-electron chi connectivity index (χ1n) is 6.64. The van der Waals surface area contributed by atoms with Crippen molar-refractivity contribution in [3.8, 4) is 0 Å². The van der Waals surface area contributed by atoms with Crippen molar-refractivity contribution in [2.75, 3.05) is 7.05 Å². The molecule has 0 saturated heterocycles. The number of nitrogens with two attached hydrogens (primary N) is 1. The van der Waals surface area contributed by atoms with Gasteiger partial charge in [0.25, 0.3) is 0 Å². The first-order valence-corrected chi connectivity index (χ1v) is 6.64. The van der Waals surface area contributed by atoms with Crippen molar-refractivity contribution < 1.29 is 4.79 Å². The summed E-state index contributed by atoms with van der Waals surface area (Å²) in [6.07, 6.45) is 3.00. The van der Waals surface area contributed by atoms with Gasteiger partial charge in [-0.05, 0) is 30.9 Å². The molecule has 1 fully saturated rings. The van der Waals surface area contributed by atoms with Crippen LogP contribution in [0.3, 0.4) is 0 Å². The minimum atomic E-state index is 0.0269. The fourth-order valence-electron chi connectivity index (χ4n) is 2.70. The summed E-state index contributed by atoms with van der Waals surface area (Å²) < 4.78 is 0. The van der Waals surface area contributed by atoms with E-state index in [1.807, 2.05) is 24.1 Å². The fourth-order valence-corrected chi connectivity index (χ4v) is 2.70. The molecule has 0 heterocycles. The van der Waals surface area contributed by atoms with Crippen LogP contribution in [0.2, 0.25) is 0 Å². The van der Waals surface area contributed by atoms with E-state index in [0.717, 1.165) is 19.3 Å². The Morgan fingerprint density at radius 1 is 1.39 bits per heavy atom. The average Bonchev–Trinajstić information content (AvgIpc) is 2.77. The van der Waals surface area contributed by atoms with Gasteiger partial charge in [-0.25, -0.2) is 0 Å². The second kappa shape index (κ2) is 5.53. The molecule has 2 atom stereocenters. The average molecular weight is 246 g/mol. The number of amides is 1. The molecule has 1 amide bonds. The van der Waals surface area contributed by atoms with Gasteiger partial charge in [0.2, 0.25) is 5.91 Å².